The normalized spacial score (nSPS) is 12.5. The minimum absolute atomic E-state index is 0.397. The third kappa shape index (κ3) is 3.28. The monoisotopic (exact) mass is 372 g/mol. The van der Waals surface area contributed by atoms with Crippen LogP contribution in [0.1, 0.15) is 51.9 Å². The van der Waals surface area contributed by atoms with E-state index in [1.807, 2.05) is 12.1 Å². The third-order valence-corrected chi connectivity index (χ3v) is 5.07. The second-order valence-electron chi connectivity index (χ2n) is 6.34. The van der Waals surface area contributed by atoms with Gasteiger partial charge in [-0.25, -0.2) is 15.0 Å². The molecule has 1 unspecified atom stereocenters. The lowest BCUT2D eigenvalue weighted by Crippen LogP contribution is -2.12. The maximum atomic E-state index is 6.49. The number of hydrogen-bond donors (Lipinski definition) is 0. The molecule has 0 aliphatic carbocycles. The summed E-state index contributed by atoms with van der Waals surface area (Å²) in [6, 6.07) is 6.01. The van der Waals surface area contributed by atoms with Gasteiger partial charge < -0.3 is 9.30 Å². The van der Waals surface area contributed by atoms with Crippen molar-refractivity contribution in [3.05, 3.63) is 35.4 Å². The van der Waals surface area contributed by atoms with Gasteiger partial charge in [0.05, 0.1) is 12.1 Å². The smallest absolute Gasteiger partial charge is 0.164 e. The highest BCUT2D eigenvalue weighted by atomic mass is 35.5. The van der Waals surface area contributed by atoms with Gasteiger partial charge in [-0.3, -0.25) is 0 Å². The molecule has 5 nitrogen and oxygen atoms in total. The molecule has 0 amide bonds. The zero-order chi connectivity index (χ0) is 18.7. The first-order chi connectivity index (χ1) is 12.6. The molecule has 6 heteroatoms. The minimum atomic E-state index is 0.397. The molecule has 3 rings (SSSR count). The van der Waals surface area contributed by atoms with Crippen LogP contribution in [0.4, 0.5) is 0 Å². The van der Waals surface area contributed by atoms with Gasteiger partial charge in [-0.05, 0) is 31.0 Å². The van der Waals surface area contributed by atoms with E-state index in [0.29, 0.717) is 11.1 Å². The Bertz CT molecular complexity index is 906. The fourth-order valence-corrected chi connectivity index (χ4v) is 3.71. The summed E-state index contributed by atoms with van der Waals surface area (Å²) in [6.45, 7) is 6.56. The Balaban J connectivity index is 2.22. The van der Waals surface area contributed by atoms with E-state index in [1.165, 1.54) is 0 Å². The highest BCUT2D eigenvalue weighted by Gasteiger charge is 2.21. The van der Waals surface area contributed by atoms with Crippen molar-refractivity contribution >= 4 is 22.8 Å². The van der Waals surface area contributed by atoms with Gasteiger partial charge in [0.25, 0.3) is 0 Å². The van der Waals surface area contributed by atoms with Crippen LogP contribution in [0.25, 0.3) is 22.4 Å². The Morgan fingerprint density at radius 3 is 2.62 bits per heavy atom. The second kappa shape index (κ2) is 8.04. The number of aryl methyl sites for hydroxylation is 1. The van der Waals surface area contributed by atoms with Crippen molar-refractivity contribution in [2.45, 2.75) is 52.5 Å². The number of methoxy groups -OCH3 is 1. The first kappa shape index (κ1) is 18.6. The van der Waals surface area contributed by atoms with Crippen LogP contribution in [-0.4, -0.2) is 26.6 Å². The van der Waals surface area contributed by atoms with Gasteiger partial charge in [-0.2, -0.15) is 0 Å². The summed E-state index contributed by atoms with van der Waals surface area (Å²) in [6.07, 6.45) is 5.75. The van der Waals surface area contributed by atoms with Gasteiger partial charge in [0.15, 0.2) is 5.65 Å². The molecule has 3 aromatic rings. The second-order valence-corrected chi connectivity index (χ2v) is 6.75. The maximum absolute atomic E-state index is 6.49. The molecule has 138 valence electrons. The van der Waals surface area contributed by atoms with Crippen molar-refractivity contribution in [2.75, 3.05) is 7.11 Å². The van der Waals surface area contributed by atoms with Gasteiger partial charge in [0, 0.05) is 18.0 Å². The van der Waals surface area contributed by atoms with Crippen LogP contribution in [0.3, 0.4) is 0 Å². The topological polar surface area (TPSA) is 52.8 Å². The van der Waals surface area contributed by atoms with Crippen LogP contribution in [0.15, 0.2) is 24.5 Å². The van der Waals surface area contributed by atoms with Crippen molar-refractivity contribution in [3.63, 3.8) is 0 Å². The molecule has 0 N–H and O–H groups in total. The number of benzene rings is 1. The summed E-state index contributed by atoms with van der Waals surface area (Å²) in [7, 11) is 1.63. The molecule has 0 radical (unpaired) electrons. The van der Waals surface area contributed by atoms with E-state index in [0.717, 1.165) is 59.7 Å². The molecule has 2 aromatic heterocycles. The van der Waals surface area contributed by atoms with Gasteiger partial charge in [0.2, 0.25) is 0 Å². The number of rotatable bonds is 7. The van der Waals surface area contributed by atoms with Crippen LogP contribution in [0, 0.1) is 0 Å². The predicted octanol–water partition coefficient (Wildman–Crippen LogP) is 5.47. The maximum Gasteiger partial charge on any atom is 0.164 e. The highest BCUT2D eigenvalue weighted by molar-refractivity contribution is 6.33. The van der Waals surface area contributed by atoms with E-state index >= 15 is 0 Å². The lowest BCUT2D eigenvalue weighted by molar-refractivity contribution is 0.415. The lowest BCUT2D eigenvalue weighted by atomic mass is 10.1. The van der Waals surface area contributed by atoms with Crippen molar-refractivity contribution in [1.29, 1.82) is 0 Å². The van der Waals surface area contributed by atoms with Crippen molar-refractivity contribution in [1.82, 2.24) is 19.5 Å². The summed E-state index contributed by atoms with van der Waals surface area (Å²) in [5, 5.41) is 0.595. The van der Waals surface area contributed by atoms with Gasteiger partial charge in [0.1, 0.15) is 29.1 Å². The molecule has 0 saturated heterocycles. The number of hydrogen-bond acceptors (Lipinski definition) is 4. The summed E-state index contributed by atoms with van der Waals surface area (Å²) in [5.74, 6) is 1.77. The lowest BCUT2D eigenvalue weighted by Gasteiger charge is -2.18. The Kier molecular flexibility index (Phi) is 5.77. The number of nitrogens with zero attached hydrogens (tertiary/aromatic N) is 4. The van der Waals surface area contributed by atoms with Gasteiger partial charge in [-0.1, -0.05) is 38.8 Å². The molecule has 0 aliphatic heterocycles. The summed E-state index contributed by atoms with van der Waals surface area (Å²) < 4.78 is 7.54. The summed E-state index contributed by atoms with van der Waals surface area (Å²) in [4.78, 5) is 14.0. The molecule has 2 heterocycles. The van der Waals surface area contributed by atoms with Crippen LogP contribution in [-0.2, 0) is 6.42 Å². The Morgan fingerprint density at radius 2 is 2.00 bits per heavy atom. The van der Waals surface area contributed by atoms with E-state index in [9.17, 15) is 0 Å². The fourth-order valence-electron chi connectivity index (χ4n) is 3.45. The molecule has 26 heavy (non-hydrogen) atoms. The number of imidazole rings is 1. The van der Waals surface area contributed by atoms with Crippen LogP contribution >= 0.6 is 11.6 Å². The molecule has 0 bridgehead atoms. The SMILES string of the molecule is CCCC(CC)n1c(CC)nc2c(-c3ccc(OC)cc3Cl)ncnc21. The Labute approximate surface area is 159 Å². The van der Waals surface area contributed by atoms with E-state index in [2.05, 4.69) is 35.3 Å². The molecular formula is C20H25ClN4O. The number of halogens is 1. The van der Waals surface area contributed by atoms with Crippen LogP contribution in [0.5, 0.6) is 5.75 Å². The minimum Gasteiger partial charge on any atom is -0.497 e. The number of aromatic nitrogens is 4. The zero-order valence-corrected chi connectivity index (χ0v) is 16.5. The highest BCUT2D eigenvalue weighted by Crippen LogP contribution is 2.35. The number of ether oxygens (including phenoxy) is 1. The van der Waals surface area contributed by atoms with E-state index < -0.39 is 0 Å². The first-order valence-electron chi connectivity index (χ1n) is 9.20. The molecule has 0 saturated carbocycles. The van der Waals surface area contributed by atoms with Crippen molar-refractivity contribution < 1.29 is 4.74 Å². The first-order valence-corrected chi connectivity index (χ1v) is 9.57. The quantitative estimate of drug-likeness (QED) is 0.551. The molecule has 0 aliphatic rings. The third-order valence-electron chi connectivity index (χ3n) is 4.76. The number of fused-ring (bicyclic) bond motifs is 1. The van der Waals surface area contributed by atoms with Crippen molar-refractivity contribution in [2.24, 2.45) is 0 Å². The Hall–Kier alpha value is -2.14. The molecule has 1 atom stereocenters. The van der Waals surface area contributed by atoms with Crippen LogP contribution in [0.2, 0.25) is 5.02 Å². The van der Waals surface area contributed by atoms with E-state index in [1.54, 1.807) is 19.5 Å². The zero-order valence-electron chi connectivity index (χ0n) is 15.8. The standard InChI is InChI=1S/C20H25ClN4O/c1-5-8-13(6-2)25-17(7-3)24-19-18(22-12-23-20(19)25)15-10-9-14(26-4)11-16(15)21/h9-13H,5-8H2,1-4H3. The van der Waals surface area contributed by atoms with Gasteiger partial charge in [-0.15, -0.1) is 0 Å². The predicted molar refractivity (Wildman–Crippen MR) is 106 cm³/mol. The van der Waals surface area contributed by atoms with E-state index in [4.69, 9.17) is 21.3 Å². The largest absolute Gasteiger partial charge is 0.497 e. The molecule has 1 aromatic carbocycles. The molecule has 0 fully saturated rings. The van der Waals surface area contributed by atoms with Gasteiger partial charge >= 0.3 is 0 Å². The van der Waals surface area contributed by atoms with Crippen molar-refractivity contribution in [3.8, 4) is 17.0 Å². The van der Waals surface area contributed by atoms with Crippen LogP contribution < -0.4 is 4.74 Å². The fraction of sp³-hybridized carbons (Fsp3) is 0.450. The average Bonchev–Trinajstić information content (AvgIpc) is 3.04. The Morgan fingerprint density at radius 1 is 1.19 bits per heavy atom. The molecular weight excluding hydrogens is 348 g/mol. The molecule has 0 spiro atoms. The summed E-state index contributed by atoms with van der Waals surface area (Å²) >= 11 is 6.49. The average molecular weight is 373 g/mol. The summed E-state index contributed by atoms with van der Waals surface area (Å²) in [5.41, 5.74) is 3.31. The van der Waals surface area contributed by atoms with E-state index in [-0.39, 0.29) is 0 Å².